The minimum Gasteiger partial charge on any atom is -0.399 e. The van der Waals surface area contributed by atoms with Crippen molar-refractivity contribution in [3.63, 3.8) is 0 Å². The molecule has 0 aliphatic carbocycles. The van der Waals surface area contributed by atoms with Gasteiger partial charge in [-0.2, -0.15) is 0 Å². The van der Waals surface area contributed by atoms with Crippen molar-refractivity contribution in [2.45, 2.75) is 31.7 Å². The monoisotopic (exact) mass is 273 g/mol. The van der Waals surface area contributed by atoms with E-state index in [4.69, 9.17) is 5.73 Å². The van der Waals surface area contributed by atoms with E-state index < -0.39 is 0 Å². The molecule has 3 heteroatoms. The van der Waals surface area contributed by atoms with Crippen LogP contribution in [0.1, 0.15) is 24.8 Å². The Labute approximate surface area is 122 Å². The summed E-state index contributed by atoms with van der Waals surface area (Å²) in [5.74, 6) is 0.885. The zero-order valence-electron chi connectivity index (χ0n) is 12.6. The fraction of sp³-hybridized carbons (Fsp3) is 0.647. The van der Waals surface area contributed by atoms with Gasteiger partial charge in [-0.1, -0.05) is 18.2 Å². The number of anilines is 1. The van der Waals surface area contributed by atoms with Crippen molar-refractivity contribution in [2.75, 3.05) is 39.0 Å². The molecule has 2 atom stereocenters. The number of likely N-dealkylation sites (tertiary alicyclic amines) is 2. The second-order valence-corrected chi connectivity index (χ2v) is 6.49. The molecule has 2 aliphatic heterocycles. The number of nitrogens with zero attached hydrogens (tertiary/aromatic N) is 2. The molecule has 3 rings (SSSR count). The zero-order chi connectivity index (χ0) is 13.9. The molecule has 2 saturated heterocycles. The molecule has 2 aliphatic rings. The Hall–Kier alpha value is -1.06. The van der Waals surface area contributed by atoms with Gasteiger partial charge in [-0.3, -0.25) is 0 Å². The lowest BCUT2D eigenvalue weighted by Crippen LogP contribution is -2.52. The molecular weight excluding hydrogens is 246 g/mol. The van der Waals surface area contributed by atoms with Crippen molar-refractivity contribution in [1.82, 2.24) is 9.80 Å². The second kappa shape index (κ2) is 6.15. The molecule has 1 aromatic rings. The quantitative estimate of drug-likeness (QED) is 0.857. The van der Waals surface area contributed by atoms with Crippen LogP contribution in [0.3, 0.4) is 0 Å². The maximum absolute atomic E-state index is 6.04. The molecule has 0 amide bonds. The summed E-state index contributed by atoms with van der Waals surface area (Å²) in [6.45, 7) is 4.98. The largest absolute Gasteiger partial charge is 0.399 e. The number of nitrogens with two attached hydrogens (primary N) is 1. The molecule has 1 aromatic carbocycles. The van der Waals surface area contributed by atoms with E-state index in [1.807, 2.05) is 12.1 Å². The van der Waals surface area contributed by atoms with Crippen LogP contribution in [0, 0.1) is 5.92 Å². The highest BCUT2D eigenvalue weighted by molar-refractivity contribution is 5.46. The van der Waals surface area contributed by atoms with Gasteiger partial charge in [0.15, 0.2) is 0 Å². The van der Waals surface area contributed by atoms with Crippen LogP contribution in [0.4, 0.5) is 5.69 Å². The highest BCUT2D eigenvalue weighted by atomic mass is 15.2. The van der Waals surface area contributed by atoms with Crippen LogP contribution in [0.2, 0.25) is 0 Å². The zero-order valence-corrected chi connectivity index (χ0v) is 12.6. The van der Waals surface area contributed by atoms with Gasteiger partial charge in [-0.15, -0.1) is 0 Å². The molecule has 0 aromatic heterocycles. The minimum absolute atomic E-state index is 0.835. The van der Waals surface area contributed by atoms with Crippen LogP contribution in [0.25, 0.3) is 0 Å². The number of rotatable bonds is 3. The number of piperidine rings is 2. The van der Waals surface area contributed by atoms with E-state index in [1.54, 1.807) is 0 Å². The molecule has 2 unspecified atom stereocenters. The lowest BCUT2D eigenvalue weighted by atomic mass is 9.84. The fourth-order valence-electron chi connectivity index (χ4n) is 3.97. The van der Waals surface area contributed by atoms with Gasteiger partial charge in [0.05, 0.1) is 0 Å². The number of nitrogen functional groups attached to an aromatic ring is 1. The normalized spacial score (nSPS) is 28.2. The Kier molecular flexibility index (Phi) is 4.27. The summed E-state index contributed by atoms with van der Waals surface area (Å²) in [5, 5.41) is 0. The predicted molar refractivity (Wildman–Crippen MR) is 84.8 cm³/mol. The van der Waals surface area contributed by atoms with Gasteiger partial charge in [-0.05, 0) is 63.4 Å². The Bertz CT molecular complexity index is 446. The van der Waals surface area contributed by atoms with Crippen molar-refractivity contribution in [3.8, 4) is 0 Å². The molecule has 2 N–H and O–H groups in total. The van der Waals surface area contributed by atoms with Gasteiger partial charge in [0.25, 0.3) is 0 Å². The van der Waals surface area contributed by atoms with Gasteiger partial charge >= 0.3 is 0 Å². The molecule has 0 saturated carbocycles. The van der Waals surface area contributed by atoms with Gasteiger partial charge in [0.1, 0.15) is 0 Å². The van der Waals surface area contributed by atoms with Crippen molar-refractivity contribution >= 4 is 5.69 Å². The van der Waals surface area contributed by atoms with E-state index in [1.165, 1.54) is 44.5 Å². The number of benzene rings is 1. The molecule has 20 heavy (non-hydrogen) atoms. The number of hydrogen-bond acceptors (Lipinski definition) is 3. The minimum atomic E-state index is 0.835. The van der Waals surface area contributed by atoms with Gasteiger partial charge in [0, 0.05) is 24.8 Å². The van der Waals surface area contributed by atoms with E-state index in [2.05, 4.69) is 29.0 Å². The second-order valence-electron chi connectivity index (χ2n) is 6.49. The van der Waals surface area contributed by atoms with Gasteiger partial charge in [0.2, 0.25) is 0 Å². The summed E-state index contributed by atoms with van der Waals surface area (Å²) < 4.78 is 0. The molecule has 110 valence electrons. The lowest BCUT2D eigenvalue weighted by Gasteiger charge is -2.46. The first-order chi connectivity index (χ1) is 9.74. The maximum atomic E-state index is 6.04. The van der Waals surface area contributed by atoms with E-state index in [-0.39, 0.29) is 0 Å². The van der Waals surface area contributed by atoms with Crippen molar-refractivity contribution in [3.05, 3.63) is 29.8 Å². The number of fused-ring (bicyclic) bond motifs is 1. The van der Waals surface area contributed by atoms with Gasteiger partial charge in [-0.25, -0.2) is 0 Å². The fourth-order valence-corrected chi connectivity index (χ4v) is 3.97. The Morgan fingerprint density at radius 3 is 2.90 bits per heavy atom. The van der Waals surface area contributed by atoms with E-state index in [0.717, 1.165) is 30.6 Å². The molecule has 3 nitrogen and oxygen atoms in total. The number of para-hydroxylation sites is 1. The smallest absolute Gasteiger partial charge is 0.0347 e. The highest BCUT2D eigenvalue weighted by Gasteiger charge is 2.33. The van der Waals surface area contributed by atoms with E-state index >= 15 is 0 Å². The molecular formula is C17H27N3. The molecule has 0 radical (unpaired) electrons. The molecule has 2 fully saturated rings. The van der Waals surface area contributed by atoms with Crippen LogP contribution < -0.4 is 5.73 Å². The predicted octanol–water partition coefficient (Wildman–Crippen LogP) is 2.23. The third-order valence-corrected chi connectivity index (χ3v) is 5.18. The molecule has 2 heterocycles. The summed E-state index contributed by atoms with van der Waals surface area (Å²) in [6.07, 6.45) is 5.21. The van der Waals surface area contributed by atoms with Crippen LogP contribution in [-0.2, 0) is 6.42 Å². The summed E-state index contributed by atoms with van der Waals surface area (Å²) in [4.78, 5) is 5.23. The standard InChI is InChI=1S/C17H27N3/c1-19-10-4-6-15-13-20(12-9-17(15)19)11-8-14-5-2-3-7-16(14)18/h2-3,5,7,15,17H,4,6,8-13,18H2,1H3. The SMILES string of the molecule is CN1CCCC2CN(CCc3ccccc3N)CCC21. The summed E-state index contributed by atoms with van der Waals surface area (Å²) in [6, 6.07) is 9.12. The average Bonchev–Trinajstić information content (AvgIpc) is 2.46. The maximum Gasteiger partial charge on any atom is 0.0347 e. The summed E-state index contributed by atoms with van der Waals surface area (Å²) in [5.41, 5.74) is 8.28. The van der Waals surface area contributed by atoms with Crippen LogP contribution in [-0.4, -0.2) is 49.1 Å². The summed E-state index contributed by atoms with van der Waals surface area (Å²) >= 11 is 0. The summed E-state index contributed by atoms with van der Waals surface area (Å²) in [7, 11) is 2.30. The molecule has 0 spiro atoms. The Balaban J connectivity index is 1.54. The number of hydrogen-bond donors (Lipinski definition) is 1. The Morgan fingerprint density at radius 2 is 2.05 bits per heavy atom. The Morgan fingerprint density at radius 1 is 1.20 bits per heavy atom. The van der Waals surface area contributed by atoms with Crippen molar-refractivity contribution in [1.29, 1.82) is 0 Å². The topological polar surface area (TPSA) is 32.5 Å². The highest BCUT2D eigenvalue weighted by Crippen LogP contribution is 2.29. The van der Waals surface area contributed by atoms with Gasteiger partial charge < -0.3 is 15.5 Å². The van der Waals surface area contributed by atoms with Crippen molar-refractivity contribution < 1.29 is 0 Å². The molecule has 0 bridgehead atoms. The van der Waals surface area contributed by atoms with Crippen LogP contribution in [0.15, 0.2) is 24.3 Å². The van der Waals surface area contributed by atoms with Crippen LogP contribution >= 0.6 is 0 Å². The third kappa shape index (κ3) is 2.99. The first-order valence-electron chi connectivity index (χ1n) is 8.00. The third-order valence-electron chi connectivity index (χ3n) is 5.18. The first kappa shape index (κ1) is 13.9. The first-order valence-corrected chi connectivity index (χ1v) is 8.00. The van der Waals surface area contributed by atoms with E-state index in [9.17, 15) is 0 Å². The lowest BCUT2D eigenvalue weighted by molar-refractivity contribution is 0.0391. The van der Waals surface area contributed by atoms with Crippen molar-refractivity contribution in [2.24, 2.45) is 5.92 Å². The van der Waals surface area contributed by atoms with E-state index in [0.29, 0.717) is 0 Å². The average molecular weight is 273 g/mol. The van der Waals surface area contributed by atoms with Crippen LogP contribution in [0.5, 0.6) is 0 Å².